The number of H-pyrrole nitrogens is 1. The topological polar surface area (TPSA) is 88.3 Å². The number of aromatic nitrogens is 1. The Hall–Kier alpha value is -2.89. The molecular formula is C14H12N2O4. The minimum atomic E-state index is -0.441. The summed E-state index contributed by atoms with van der Waals surface area (Å²) in [4.78, 5) is 36.5. The average Bonchev–Trinajstić information content (AvgIpc) is 2.48. The van der Waals surface area contributed by atoms with Crippen molar-refractivity contribution in [3.8, 4) is 0 Å². The molecule has 1 heterocycles. The van der Waals surface area contributed by atoms with Gasteiger partial charge in [-0.05, 0) is 30.3 Å². The monoisotopic (exact) mass is 272 g/mol. The molecule has 0 aliphatic heterocycles. The second-order valence-electron chi connectivity index (χ2n) is 3.96. The highest BCUT2D eigenvalue weighted by atomic mass is 16.5. The van der Waals surface area contributed by atoms with Crippen LogP contribution in [0.1, 0.15) is 20.7 Å². The second-order valence-corrected chi connectivity index (χ2v) is 3.96. The summed E-state index contributed by atoms with van der Waals surface area (Å²) in [6.07, 6.45) is 1.33. The minimum absolute atomic E-state index is 0.274. The largest absolute Gasteiger partial charge is 0.465 e. The van der Waals surface area contributed by atoms with Gasteiger partial charge < -0.3 is 15.0 Å². The number of hydrogen-bond donors (Lipinski definition) is 2. The smallest absolute Gasteiger partial charge is 0.337 e. The quantitative estimate of drug-likeness (QED) is 0.827. The van der Waals surface area contributed by atoms with Gasteiger partial charge in [0.25, 0.3) is 5.91 Å². The fourth-order valence-electron chi connectivity index (χ4n) is 1.56. The lowest BCUT2D eigenvalue weighted by Crippen LogP contribution is -2.14. The molecule has 2 rings (SSSR count). The number of esters is 1. The van der Waals surface area contributed by atoms with E-state index >= 15 is 0 Å². The van der Waals surface area contributed by atoms with Crippen LogP contribution >= 0.6 is 0 Å². The van der Waals surface area contributed by atoms with Gasteiger partial charge in [-0.1, -0.05) is 0 Å². The van der Waals surface area contributed by atoms with Crippen LogP contribution in [-0.4, -0.2) is 24.0 Å². The van der Waals surface area contributed by atoms with Crippen molar-refractivity contribution in [2.45, 2.75) is 0 Å². The Kier molecular flexibility index (Phi) is 3.95. The molecule has 0 aliphatic rings. The fourth-order valence-corrected chi connectivity index (χ4v) is 1.56. The summed E-state index contributed by atoms with van der Waals surface area (Å²) in [5.41, 5.74) is 0.994. The van der Waals surface area contributed by atoms with Crippen molar-refractivity contribution in [2.75, 3.05) is 12.4 Å². The molecule has 6 nitrogen and oxygen atoms in total. The summed E-state index contributed by atoms with van der Waals surface area (Å²) in [6.45, 7) is 0. The van der Waals surface area contributed by atoms with E-state index < -0.39 is 5.97 Å². The second kappa shape index (κ2) is 5.83. The maximum absolute atomic E-state index is 11.9. The summed E-state index contributed by atoms with van der Waals surface area (Å²) in [5, 5.41) is 2.65. The van der Waals surface area contributed by atoms with Gasteiger partial charge in [0, 0.05) is 18.0 Å². The molecule has 2 N–H and O–H groups in total. The van der Waals surface area contributed by atoms with Crippen LogP contribution in [-0.2, 0) is 4.74 Å². The van der Waals surface area contributed by atoms with Crippen molar-refractivity contribution in [3.05, 3.63) is 64.1 Å². The molecule has 0 atom stereocenters. The molecule has 0 radical (unpaired) electrons. The number of methoxy groups -OCH3 is 1. The average molecular weight is 272 g/mol. The molecule has 0 aliphatic carbocycles. The first kappa shape index (κ1) is 13.5. The van der Waals surface area contributed by atoms with E-state index in [1.54, 1.807) is 24.3 Å². The van der Waals surface area contributed by atoms with Gasteiger partial charge in [0.05, 0.1) is 18.2 Å². The molecule has 2 aromatic rings. The summed E-state index contributed by atoms with van der Waals surface area (Å²) < 4.78 is 4.58. The maximum Gasteiger partial charge on any atom is 0.337 e. The molecule has 0 saturated carbocycles. The first-order valence-corrected chi connectivity index (χ1v) is 5.78. The molecule has 0 unspecified atom stereocenters. The molecule has 0 spiro atoms. The Morgan fingerprint density at radius 1 is 1.05 bits per heavy atom. The van der Waals surface area contributed by atoms with Crippen molar-refractivity contribution in [1.82, 2.24) is 4.98 Å². The number of carbonyl (C=O) groups excluding carboxylic acids is 2. The Bertz CT molecular complexity index is 669. The number of benzene rings is 1. The van der Waals surface area contributed by atoms with E-state index in [1.165, 1.54) is 25.4 Å². The molecule has 1 amide bonds. The van der Waals surface area contributed by atoms with Gasteiger partial charge in [-0.25, -0.2) is 4.79 Å². The van der Waals surface area contributed by atoms with Crippen LogP contribution in [0.3, 0.4) is 0 Å². The lowest BCUT2D eigenvalue weighted by Gasteiger charge is -2.05. The van der Waals surface area contributed by atoms with Crippen LogP contribution in [0, 0.1) is 0 Å². The number of ether oxygens (including phenoxy) is 1. The number of rotatable bonds is 3. The van der Waals surface area contributed by atoms with Gasteiger partial charge in [0.1, 0.15) is 0 Å². The predicted octanol–water partition coefficient (Wildman–Crippen LogP) is 1.41. The van der Waals surface area contributed by atoms with E-state index in [0.717, 1.165) is 0 Å². The molecule has 0 bridgehead atoms. The van der Waals surface area contributed by atoms with Crippen molar-refractivity contribution in [2.24, 2.45) is 0 Å². The van der Waals surface area contributed by atoms with E-state index in [0.29, 0.717) is 16.8 Å². The van der Waals surface area contributed by atoms with Gasteiger partial charge in [-0.2, -0.15) is 0 Å². The normalized spacial score (nSPS) is 9.85. The minimum Gasteiger partial charge on any atom is -0.465 e. The summed E-state index contributed by atoms with van der Waals surface area (Å²) in [7, 11) is 1.30. The van der Waals surface area contributed by atoms with Crippen molar-refractivity contribution < 1.29 is 14.3 Å². The lowest BCUT2D eigenvalue weighted by molar-refractivity contribution is 0.0600. The molecular weight excluding hydrogens is 260 g/mol. The third kappa shape index (κ3) is 3.11. The number of nitrogens with one attached hydrogen (secondary N) is 2. The van der Waals surface area contributed by atoms with Crippen LogP contribution in [0.5, 0.6) is 0 Å². The van der Waals surface area contributed by atoms with Crippen LogP contribution < -0.4 is 10.9 Å². The van der Waals surface area contributed by atoms with E-state index in [-0.39, 0.29) is 11.5 Å². The number of anilines is 1. The first-order valence-electron chi connectivity index (χ1n) is 5.78. The molecule has 6 heteroatoms. The molecule has 1 aromatic heterocycles. The maximum atomic E-state index is 11.9. The zero-order chi connectivity index (χ0) is 14.5. The highest BCUT2D eigenvalue weighted by Crippen LogP contribution is 2.11. The predicted molar refractivity (Wildman–Crippen MR) is 72.8 cm³/mol. The summed E-state index contributed by atoms with van der Waals surface area (Å²) in [6, 6.07) is 8.99. The number of amides is 1. The fraction of sp³-hybridized carbons (Fsp3) is 0.0714. The first-order chi connectivity index (χ1) is 9.60. The van der Waals surface area contributed by atoms with Gasteiger partial charge in [0.2, 0.25) is 5.56 Å². The summed E-state index contributed by atoms with van der Waals surface area (Å²) >= 11 is 0. The van der Waals surface area contributed by atoms with E-state index in [9.17, 15) is 14.4 Å². The van der Waals surface area contributed by atoms with Gasteiger partial charge in [-0.15, -0.1) is 0 Å². The third-order valence-corrected chi connectivity index (χ3v) is 2.61. The molecule has 0 fully saturated rings. The number of carbonyl (C=O) groups is 2. The Morgan fingerprint density at radius 2 is 1.70 bits per heavy atom. The Labute approximate surface area is 114 Å². The number of hydrogen-bond acceptors (Lipinski definition) is 4. The zero-order valence-electron chi connectivity index (χ0n) is 10.7. The standard InChI is InChI=1S/C14H12N2O4/c1-20-14(19)9-2-5-11(6-3-9)16-13(18)10-4-7-12(17)15-8-10/h2-8H,1H3,(H,15,17)(H,16,18). The van der Waals surface area contributed by atoms with Crippen molar-refractivity contribution in [1.29, 1.82) is 0 Å². The van der Waals surface area contributed by atoms with Gasteiger partial charge in [0.15, 0.2) is 0 Å². The molecule has 0 saturated heterocycles. The van der Waals surface area contributed by atoms with Crippen LogP contribution in [0.2, 0.25) is 0 Å². The highest BCUT2D eigenvalue weighted by Gasteiger charge is 2.08. The Balaban J connectivity index is 2.10. The zero-order valence-corrected chi connectivity index (χ0v) is 10.7. The molecule has 102 valence electrons. The third-order valence-electron chi connectivity index (χ3n) is 2.61. The van der Waals surface area contributed by atoms with Crippen LogP contribution in [0.15, 0.2) is 47.4 Å². The number of pyridine rings is 1. The van der Waals surface area contributed by atoms with Crippen LogP contribution in [0.25, 0.3) is 0 Å². The van der Waals surface area contributed by atoms with Gasteiger partial charge in [-0.3, -0.25) is 9.59 Å². The Morgan fingerprint density at radius 3 is 2.25 bits per heavy atom. The van der Waals surface area contributed by atoms with Crippen molar-refractivity contribution >= 4 is 17.6 Å². The SMILES string of the molecule is COC(=O)c1ccc(NC(=O)c2ccc(=O)[nH]c2)cc1. The number of aromatic amines is 1. The molecule has 1 aromatic carbocycles. The highest BCUT2D eigenvalue weighted by molar-refractivity contribution is 6.04. The van der Waals surface area contributed by atoms with E-state index in [2.05, 4.69) is 15.0 Å². The van der Waals surface area contributed by atoms with Gasteiger partial charge >= 0.3 is 5.97 Å². The lowest BCUT2D eigenvalue weighted by atomic mass is 10.2. The van der Waals surface area contributed by atoms with E-state index in [1.807, 2.05) is 0 Å². The van der Waals surface area contributed by atoms with Crippen LogP contribution in [0.4, 0.5) is 5.69 Å². The summed E-state index contributed by atoms with van der Waals surface area (Å²) in [5.74, 6) is -0.796. The van der Waals surface area contributed by atoms with E-state index in [4.69, 9.17) is 0 Å². The molecule has 20 heavy (non-hydrogen) atoms. The van der Waals surface area contributed by atoms with Crippen molar-refractivity contribution in [3.63, 3.8) is 0 Å².